The second-order valence-corrected chi connectivity index (χ2v) is 4.94. The van der Waals surface area contributed by atoms with Gasteiger partial charge in [-0.05, 0) is 12.2 Å². The fourth-order valence-corrected chi connectivity index (χ4v) is 2.49. The molecule has 0 saturated carbocycles. The van der Waals surface area contributed by atoms with E-state index in [1.165, 1.54) is 24.3 Å². The highest BCUT2D eigenvalue weighted by molar-refractivity contribution is 7.73. The number of nitro groups is 1. The van der Waals surface area contributed by atoms with E-state index in [0.717, 1.165) is 6.08 Å². The Bertz CT molecular complexity index is 751. The van der Waals surface area contributed by atoms with E-state index in [1.807, 2.05) is 0 Å². The zero-order valence-electron chi connectivity index (χ0n) is 10.1. The lowest BCUT2D eigenvalue weighted by Crippen LogP contribution is -2.35. The van der Waals surface area contributed by atoms with Crippen molar-refractivity contribution in [3.63, 3.8) is 0 Å². The smallest absolute Gasteiger partial charge is 0.281 e. The summed E-state index contributed by atoms with van der Waals surface area (Å²) in [4.78, 5) is 22.2. The Morgan fingerprint density at radius 1 is 1.20 bits per heavy atom. The van der Waals surface area contributed by atoms with E-state index in [0.29, 0.717) is 0 Å². The topological polar surface area (TPSA) is 94.3 Å². The molecule has 0 fully saturated rings. The molecule has 1 aromatic rings. The van der Waals surface area contributed by atoms with Crippen molar-refractivity contribution < 1.29 is 18.1 Å². The average Bonchev–Trinajstić information content (AvgIpc) is 2.46. The molecule has 0 radical (unpaired) electrons. The normalized spacial score (nSPS) is 17.5. The highest BCUT2D eigenvalue weighted by Crippen LogP contribution is 2.19. The molecule has 6 nitrogen and oxygen atoms in total. The maximum absolute atomic E-state index is 12.3. The lowest BCUT2D eigenvalue weighted by molar-refractivity contribution is -0.491. The summed E-state index contributed by atoms with van der Waals surface area (Å²) in [5, 5.41) is 11.1. The van der Waals surface area contributed by atoms with Crippen LogP contribution < -0.4 is 0 Å². The third-order valence-corrected chi connectivity index (χ3v) is 3.55. The van der Waals surface area contributed by atoms with E-state index >= 15 is 0 Å². The van der Waals surface area contributed by atoms with Crippen molar-refractivity contribution in [2.24, 2.45) is 0 Å². The minimum absolute atomic E-state index is 0.164. The molecule has 1 aliphatic rings. The van der Waals surface area contributed by atoms with Crippen LogP contribution >= 0.6 is 0 Å². The third kappa shape index (κ3) is 2.57. The lowest BCUT2D eigenvalue weighted by Gasteiger charge is -2.13. The van der Waals surface area contributed by atoms with Gasteiger partial charge < -0.3 is 0 Å². The van der Waals surface area contributed by atoms with Crippen LogP contribution in [0, 0.1) is 10.1 Å². The van der Waals surface area contributed by atoms with Crippen LogP contribution in [-0.2, 0) is 10.3 Å². The van der Waals surface area contributed by atoms with Crippen molar-refractivity contribution in [3.05, 3.63) is 69.8 Å². The molecule has 0 bridgehead atoms. The van der Waals surface area contributed by atoms with Gasteiger partial charge in [-0.3, -0.25) is 14.9 Å². The van der Waals surface area contributed by atoms with Crippen LogP contribution in [0.2, 0.25) is 0 Å². The molecule has 1 atom stereocenters. The van der Waals surface area contributed by atoms with Crippen LogP contribution in [0.1, 0.15) is 10.4 Å². The summed E-state index contributed by atoms with van der Waals surface area (Å²) >= 11 is 0. The number of carbonyl (C=O) groups is 1. The van der Waals surface area contributed by atoms with Crippen LogP contribution in [0.25, 0.3) is 0 Å². The molecule has 102 valence electrons. The first-order valence-corrected chi connectivity index (χ1v) is 6.67. The van der Waals surface area contributed by atoms with E-state index in [-0.39, 0.29) is 11.1 Å². The summed E-state index contributed by atoms with van der Waals surface area (Å²) in [7, 11) is -2.75. The minimum Gasteiger partial charge on any atom is -0.289 e. The summed E-state index contributed by atoms with van der Waals surface area (Å²) < 4.78 is 22.1. The quantitative estimate of drug-likeness (QED) is 0.359. The van der Waals surface area contributed by atoms with E-state index in [1.54, 1.807) is 18.2 Å². The number of rotatable bonds is 3. The van der Waals surface area contributed by atoms with Crippen molar-refractivity contribution in [1.82, 2.24) is 0 Å². The fourth-order valence-electron chi connectivity index (χ4n) is 1.90. The van der Waals surface area contributed by atoms with Crippen LogP contribution in [0.4, 0.5) is 0 Å². The van der Waals surface area contributed by atoms with Crippen molar-refractivity contribution in [1.29, 1.82) is 0 Å². The predicted octanol–water partition coefficient (Wildman–Crippen LogP) is 1.06. The van der Waals surface area contributed by atoms with Crippen LogP contribution in [-0.4, -0.2) is 30.0 Å². The Balaban J connectivity index is 2.53. The summed E-state index contributed by atoms with van der Waals surface area (Å²) in [6.07, 6.45) is 3.72. The number of Topliss-reactive ketones (excluding diaryl/α,β-unsaturated/α-hetero) is 1. The minimum atomic E-state index is -2.75. The number of nitrogens with zero attached hydrogens (tertiary/aromatic N) is 1. The molecule has 0 N–H and O–H groups in total. The standard InChI is InChI=1S/C13H9NO5S/c15-13(9-5-2-1-3-6-9)10-7-4-8-11(20(18)19)12(10)14(16)17/h1-8,12H. The molecular weight excluding hydrogens is 282 g/mol. The zero-order chi connectivity index (χ0) is 14.7. The van der Waals surface area contributed by atoms with Crippen LogP contribution in [0.3, 0.4) is 0 Å². The number of hydrogen-bond acceptors (Lipinski definition) is 5. The monoisotopic (exact) mass is 291 g/mol. The van der Waals surface area contributed by atoms with Gasteiger partial charge in [-0.1, -0.05) is 36.4 Å². The number of hydrogen-bond donors (Lipinski definition) is 0. The first kappa shape index (κ1) is 13.9. The van der Waals surface area contributed by atoms with Crippen LogP contribution in [0.15, 0.2) is 54.1 Å². The highest BCUT2D eigenvalue weighted by Gasteiger charge is 2.37. The Morgan fingerprint density at radius 3 is 2.40 bits per heavy atom. The molecule has 20 heavy (non-hydrogen) atoms. The molecule has 0 saturated heterocycles. The molecule has 1 aliphatic carbocycles. The first-order valence-electron chi connectivity index (χ1n) is 5.60. The Morgan fingerprint density at radius 2 is 1.85 bits per heavy atom. The van der Waals surface area contributed by atoms with Gasteiger partial charge in [0.25, 0.3) is 6.04 Å². The van der Waals surface area contributed by atoms with Crippen molar-refractivity contribution in [2.75, 3.05) is 0 Å². The van der Waals surface area contributed by atoms with Gasteiger partial charge in [-0.2, -0.15) is 8.42 Å². The Kier molecular flexibility index (Phi) is 3.90. The molecule has 1 aromatic carbocycles. The first-order chi connectivity index (χ1) is 9.52. The van der Waals surface area contributed by atoms with Gasteiger partial charge >= 0.3 is 0 Å². The van der Waals surface area contributed by atoms with E-state index in [9.17, 15) is 23.3 Å². The van der Waals surface area contributed by atoms with Gasteiger partial charge in [0.1, 0.15) is 0 Å². The Hall–Kier alpha value is -2.54. The number of allylic oxidation sites excluding steroid dienone is 2. The van der Waals surface area contributed by atoms with E-state index < -0.39 is 31.9 Å². The molecule has 1 unspecified atom stereocenters. The van der Waals surface area contributed by atoms with E-state index in [4.69, 9.17) is 0 Å². The second-order valence-electron chi connectivity index (χ2n) is 4.00. The van der Waals surface area contributed by atoms with Gasteiger partial charge in [0.15, 0.2) is 10.6 Å². The third-order valence-electron chi connectivity index (χ3n) is 2.80. The largest absolute Gasteiger partial charge is 0.289 e. The highest BCUT2D eigenvalue weighted by atomic mass is 32.2. The summed E-state index contributed by atoms with van der Waals surface area (Å²) in [6.45, 7) is 0. The Labute approximate surface area is 115 Å². The van der Waals surface area contributed by atoms with Crippen LogP contribution in [0.5, 0.6) is 0 Å². The maximum Gasteiger partial charge on any atom is 0.281 e. The molecular formula is C13H9NO5S. The second kappa shape index (κ2) is 5.62. The number of ketones is 1. The number of carbonyl (C=O) groups excluding carboxylic acids is 1. The van der Waals surface area contributed by atoms with Gasteiger partial charge in [0.05, 0.1) is 5.57 Å². The SMILES string of the molecule is O=C(C1=CC=CC(=S(=O)=O)C1[N+](=O)[O-])c1ccccc1. The molecule has 0 aliphatic heterocycles. The van der Waals surface area contributed by atoms with Gasteiger partial charge in [-0.15, -0.1) is 0 Å². The zero-order valence-corrected chi connectivity index (χ0v) is 10.9. The lowest BCUT2D eigenvalue weighted by atomic mass is 9.92. The maximum atomic E-state index is 12.3. The van der Waals surface area contributed by atoms with Gasteiger partial charge in [-0.25, -0.2) is 0 Å². The predicted molar refractivity (Wildman–Crippen MR) is 72.7 cm³/mol. The van der Waals surface area contributed by atoms with Gasteiger partial charge in [0.2, 0.25) is 10.3 Å². The molecule has 7 heteroatoms. The van der Waals surface area contributed by atoms with Crippen molar-refractivity contribution in [2.45, 2.75) is 6.04 Å². The van der Waals surface area contributed by atoms with E-state index in [2.05, 4.69) is 0 Å². The summed E-state index contributed by atoms with van der Waals surface area (Å²) in [5.41, 5.74) is 0.111. The summed E-state index contributed by atoms with van der Waals surface area (Å²) in [5.74, 6) is -0.556. The molecule has 0 aromatic heterocycles. The summed E-state index contributed by atoms with van der Waals surface area (Å²) in [6, 6.07) is 6.35. The molecule has 2 rings (SSSR count). The van der Waals surface area contributed by atoms with Gasteiger partial charge in [0, 0.05) is 10.5 Å². The molecule has 0 spiro atoms. The van der Waals surface area contributed by atoms with Crippen molar-refractivity contribution in [3.8, 4) is 0 Å². The fraction of sp³-hybridized carbons (Fsp3) is 0.0769. The van der Waals surface area contributed by atoms with Crippen molar-refractivity contribution >= 4 is 20.9 Å². The average molecular weight is 291 g/mol. The molecule has 0 amide bonds. The molecule has 0 heterocycles. The number of benzene rings is 1.